The van der Waals surface area contributed by atoms with Crippen molar-refractivity contribution in [1.29, 1.82) is 0 Å². The minimum atomic E-state index is -0.0795. The largest absolute Gasteiger partial charge is 0.322 e. The normalized spacial score (nSPS) is 11.1. The van der Waals surface area contributed by atoms with E-state index in [-0.39, 0.29) is 5.91 Å². The van der Waals surface area contributed by atoms with Gasteiger partial charge in [0.05, 0.1) is 27.4 Å². The van der Waals surface area contributed by atoms with Gasteiger partial charge in [-0.1, -0.05) is 30.0 Å². The Morgan fingerprint density at radius 2 is 2.08 bits per heavy atom. The molecule has 0 saturated heterocycles. The summed E-state index contributed by atoms with van der Waals surface area (Å²) in [4.78, 5) is 22.3. The molecule has 4 rings (SSSR count). The second-order valence-corrected chi connectivity index (χ2v) is 8.04. The van der Waals surface area contributed by atoms with Gasteiger partial charge in [0.2, 0.25) is 5.91 Å². The molecule has 0 aliphatic carbocycles. The van der Waals surface area contributed by atoms with Crippen LogP contribution in [-0.2, 0) is 11.8 Å². The fraction of sp³-hybridized carbons (Fsp3) is 0.118. The molecule has 3 heterocycles. The third-order valence-electron chi connectivity index (χ3n) is 3.60. The first kappa shape index (κ1) is 16.3. The summed E-state index contributed by atoms with van der Waals surface area (Å²) in [5.41, 5.74) is 2.90. The van der Waals surface area contributed by atoms with Gasteiger partial charge in [-0.25, -0.2) is 9.97 Å². The molecule has 1 amide bonds. The van der Waals surface area contributed by atoms with Crippen molar-refractivity contribution >= 4 is 56.5 Å². The fourth-order valence-corrected chi connectivity index (χ4v) is 4.68. The van der Waals surface area contributed by atoms with Crippen molar-refractivity contribution < 1.29 is 4.79 Å². The number of carbonyl (C=O) groups excluding carboxylic acids is 1. The van der Waals surface area contributed by atoms with Gasteiger partial charge in [-0.3, -0.25) is 4.79 Å². The zero-order valence-electron chi connectivity index (χ0n) is 13.3. The van der Waals surface area contributed by atoms with Gasteiger partial charge in [-0.05, 0) is 23.6 Å². The van der Waals surface area contributed by atoms with E-state index in [9.17, 15) is 4.79 Å². The van der Waals surface area contributed by atoms with Crippen LogP contribution in [0.5, 0.6) is 0 Å². The summed E-state index contributed by atoms with van der Waals surface area (Å²) in [6.07, 6.45) is 0. The molecule has 0 spiro atoms. The summed E-state index contributed by atoms with van der Waals surface area (Å²) in [6.45, 7) is 0. The topological polar surface area (TPSA) is 59.8 Å². The number of carbonyl (C=O) groups is 1. The lowest BCUT2D eigenvalue weighted by atomic mass is 10.3. The zero-order valence-corrected chi connectivity index (χ0v) is 15.8. The Hall–Kier alpha value is -2.16. The van der Waals surface area contributed by atoms with Gasteiger partial charge in [0.15, 0.2) is 10.3 Å². The van der Waals surface area contributed by atoms with E-state index in [4.69, 9.17) is 0 Å². The highest BCUT2D eigenvalue weighted by Gasteiger charge is 2.12. The molecule has 1 aromatic carbocycles. The number of aromatic nitrogens is 3. The van der Waals surface area contributed by atoms with Crippen LogP contribution in [0.3, 0.4) is 0 Å². The van der Waals surface area contributed by atoms with E-state index in [2.05, 4.69) is 15.3 Å². The van der Waals surface area contributed by atoms with E-state index in [0.29, 0.717) is 10.9 Å². The molecule has 0 unspecified atom stereocenters. The van der Waals surface area contributed by atoms with Gasteiger partial charge in [-0.2, -0.15) is 0 Å². The third kappa shape index (κ3) is 3.46. The van der Waals surface area contributed by atoms with Crippen LogP contribution in [-0.4, -0.2) is 26.2 Å². The van der Waals surface area contributed by atoms with E-state index >= 15 is 0 Å². The molecule has 0 atom stereocenters. The molecule has 3 aromatic heterocycles. The molecule has 5 nitrogen and oxygen atoms in total. The molecule has 1 N–H and O–H groups in total. The molecular formula is C17H14N4OS3. The van der Waals surface area contributed by atoms with Crippen LogP contribution in [0, 0.1) is 0 Å². The molecule has 0 aliphatic rings. The predicted molar refractivity (Wildman–Crippen MR) is 105 cm³/mol. The summed E-state index contributed by atoms with van der Waals surface area (Å²) >= 11 is 4.50. The van der Waals surface area contributed by atoms with Gasteiger partial charge >= 0.3 is 0 Å². The highest BCUT2D eigenvalue weighted by Crippen LogP contribution is 2.28. The Kier molecular flexibility index (Phi) is 4.56. The van der Waals surface area contributed by atoms with Crippen molar-refractivity contribution in [2.24, 2.45) is 7.05 Å². The van der Waals surface area contributed by atoms with Gasteiger partial charge in [0, 0.05) is 12.4 Å². The van der Waals surface area contributed by atoms with Crippen molar-refractivity contribution in [3.63, 3.8) is 0 Å². The number of hydrogen-bond donors (Lipinski definition) is 1. The van der Waals surface area contributed by atoms with E-state index in [1.807, 2.05) is 58.8 Å². The Morgan fingerprint density at radius 3 is 2.88 bits per heavy atom. The van der Waals surface area contributed by atoms with Crippen molar-refractivity contribution in [3.8, 4) is 10.6 Å². The number of benzene rings is 1. The number of thiophene rings is 1. The standard InChI is InChI=1S/C17H14N4OS3/c1-21-13-6-3-2-5-11(13)19-17(21)25-10-15(22)20-16-18-12(9-24-16)14-7-4-8-23-14/h2-9H,10H2,1H3,(H,18,20,22). The molecule has 0 saturated carbocycles. The quantitative estimate of drug-likeness (QED) is 0.514. The molecule has 0 fully saturated rings. The molecular weight excluding hydrogens is 372 g/mol. The van der Waals surface area contributed by atoms with Crippen molar-refractivity contribution in [3.05, 3.63) is 47.2 Å². The average Bonchev–Trinajstić information content (AvgIpc) is 3.34. The Labute approximate surface area is 156 Å². The highest BCUT2D eigenvalue weighted by atomic mass is 32.2. The van der Waals surface area contributed by atoms with Crippen LogP contribution < -0.4 is 5.32 Å². The average molecular weight is 387 g/mol. The predicted octanol–water partition coefficient (Wildman–Crippen LogP) is 4.49. The lowest BCUT2D eigenvalue weighted by Crippen LogP contribution is -2.14. The van der Waals surface area contributed by atoms with Gasteiger partial charge < -0.3 is 9.88 Å². The fourth-order valence-electron chi connectivity index (χ4n) is 2.41. The molecule has 0 aliphatic heterocycles. The summed E-state index contributed by atoms with van der Waals surface area (Å²) in [7, 11) is 1.96. The van der Waals surface area contributed by atoms with Gasteiger partial charge in [-0.15, -0.1) is 22.7 Å². The maximum atomic E-state index is 12.2. The van der Waals surface area contributed by atoms with Crippen molar-refractivity contribution in [2.75, 3.05) is 11.1 Å². The Balaban J connectivity index is 1.40. The number of rotatable bonds is 5. The zero-order chi connectivity index (χ0) is 17.2. The second kappa shape index (κ2) is 6.99. The number of imidazole rings is 1. The Morgan fingerprint density at radius 1 is 1.20 bits per heavy atom. The number of thioether (sulfide) groups is 1. The Bertz CT molecular complexity index is 1020. The van der Waals surface area contributed by atoms with Crippen molar-refractivity contribution in [2.45, 2.75) is 5.16 Å². The monoisotopic (exact) mass is 386 g/mol. The maximum absolute atomic E-state index is 12.2. The van der Waals surface area contributed by atoms with Crippen LogP contribution in [0.2, 0.25) is 0 Å². The van der Waals surface area contributed by atoms with Crippen LogP contribution in [0.1, 0.15) is 0 Å². The molecule has 126 valence electrons. The van der Waals surface area contributed by atoms with E-state index in [0.717, 1.165) is 26.8 Å². The van der Waals surface area contributed by atoms with Crippen LogP contribution in [0.25, 0.3) is 21.6 Å². The molecule has 0 radical (unpaired) electrons. The van der Waals surface area contributed by atoms with E-state index in [1.54, 1.807) is 11.3 Å². The first-order chi connectivity index (χ1) is 12.2. The number of aryl methyl sites for hydroxylation is 1. The van der Waals surface area contributed by atoms with Gasteiger partial charge in [0.25, 0.3) is 0 Å². The lowest BCUT2D eigenvalue weighted by molar-refractivity contribution is -0.113. The first-order valence-corrected chi connectivity index (χ1v) is 10.3. The summed E-state index contributed by atoms with van der Waals surface area (Å²) in [6, 6.07) is 12.0. The number of nitrogens with one attached hydrogen (secondary N) is 1. The number of amides is 1. The first-order valence-electron chi connectivity index (χ1n) is 7.54. The number of thiazole rings is 1. The van der Waals surface area contributed by atoms with E-state index < -0.39 is 0 Å². The molecule has 8 heteroatoms. The van der Waals surface area contributed by atoms with E-state index in [1.165, 1.54) is 23.1 Å². The van der Waals surface area contributed by atoms with Crippen LogP contribution in [0.15, 0.2) is 52.3 Å². The van der Waals surface area contributed by atoms with Crippen molar-refractivity contribution in [1.82, 2.24) is 14.5 Å². The minimum Gasteiger partial charge on any atom is -0.322 e. The molecule has 0 bridgehead atoms. The smallest absolute Gasteiger partial charge is 0.236 e. The number of fused-ring (bicyclic) bond motifs is 1. The summed E-state index contributed by atoms with van der Waals surface area (Å²) < 4.78 is 2.01. The third-order valence-corrected chi connectivity index (χ3v) is 6.28. The lowest BCUT2D eigenvalue weighted by Gasteiger charge is -2.02. The SMILES string of the molecule is Cn1c(SCC(=O)Nc2nc(-c3cccs3)cs2)nc2ccccc21. The number of para-hydroxylation sites is 2. The minimum absolute atomic E-state index is 0.0795. The summed E-state index contributed by atoms with van der Waals surface area (Å²) in [5, 5.41) is 8.29. The number of nitrogens with zero attached hydrogens (tertiary/aromatic N) is 3. The number of anilines is 1. The molecule has 25 heavy (non-hydrogen) atoms. The maximum Gasteiger partial charge on any atom is 0.236 e. The summed E-state index contributed by atoms with van der Waals surface area (Å²) in [5.74, 6) is 0.217. The van der Waals surface area contributed by atoms with Crippen LogP contribution >= 0.6 is 34.4 Å². The number of hydrogen-bond acceptors (Lipinski definition) is 6. The second-order valence-electron chi connectivity index (χ2n) is 5.29. The van der Waals surface area contributed by atoms with Crippen LogP contribution in [0.4, 0.5) is 5.13 Å². The molecule has 4 aromatic rings. The highest BCUT2D eigenvalue weighted by molar-refractivity contribution is 7.99. The van der Waals surface area contributed by atoms with Gasteiger partial charge in [0.1, 0.15) is 0 Å².